The smallest absolute Gasteiger partial charge is 0.432 e. The van der Waals surface area contributed by atoms with Crippen molar-refractivity contribution < 1.29 is 24.3 Å². The van der Waals surface area contributed by atoms with Crippen LogP contribution in [-0.4, -0.2) is 38.0 Å². The van der Waals surface area contributed by atoms with Crippen LogP contribution < -0.4 is 5.73 Å². The van der Waals surface area contributed by atoms with Crippen molar-refractivity contribution in [3.05, 3.63) is 0 Å². The van der Waals surface area contributed by atoms with Gasteiger partial charge in [-0.05, 0) is 0 Å². The van der Waals surface area contributed by atoms with E-state index in [1.807, 2.05) is 0 Å². The SMILES string of the molecule is N=C(N)N(CCC(=O)O)P(=O)(O)O. The molecule has 0 aromatic heterocycles. The Morgan fingerprint density at radius 3 is 2.23 bits per heavy atom. The highest BCUT2D eigenvalue weighted by Crippen LogP contribution is 2.39. The summed E-state index contributed by atoms with van der Waals surface area (Å²) < 4.78 is 10.8. The van der Waals surface area contributed by atoms with E-state index in [1.54, 1.807) is 0 Å². The predicted octanol–water partition coefficient (Wildman–Crippen LogP) is -1.25. The van der Waals surface area contributed by atoms with E-state index in [1.165, 1.54) is 0 Å². The average molecular weight is 211 g/mol. The normalized spacial score (nSPS) is 10.9. The maximum absolute atomic E-state index is 10.6. The van der Waals surface area contributed by atoms with Gasteiger partial charge in [-0.3, -0.25) is 10.2 Å². The number of nitrogens with two attached hydrogens (primary N) is 1. The lowest BCUT2D eigenvalue weighted by Crippen LogP contribution is -2.35. The van der Waals surface area contributed by atoms with Gasteiger partial charge in [0.1, 0.15) is 0 Å². The molecular weight excluding hydrogens is 201 g/mol. The summed E-state index contributed by atoms with van der Waals surface area (Å²) in [4.78, 5) is 27.2. The lowest BCUT2D eigenvalue weighted by Gasteiger charge is -2.21. The minimum absolute atomic E-state index is 0.223. The second-order valence-electron chi connectivity index (χ2n) is 2.17. The lowest BCUT2D eigenvalue weighted by atomic mass is 10.4. The third-order valence-corrected chi connectivity index (χ3v) is 2.17. The summed E-state index contributed by atoms with van der Waals surface area (Å²) >= 11 is 0. The molecule has 0 atom stereocenters. The van der Waals surface area contributed by atoms with Crippen molar-refractivity contribution >= 4 is 19.7 Å². The maximum Gasteiger partial charge on any atom is 0.432 e. The monoisotopic (exact) mass is 211 g/mol. The first-order chi connectivity index (χ1) is 5.75. The molecule has 0 aliphatic heterocycles. The van der Waals surface area contributed by atoms with E-state index in [0.29, 0.717) is 0 Å². The molecule has 6 N–H and O–H groups in total. The van der Waals surface area contributed by atoms with Crippen molar-refractivity contribution in [2.24, 2.45) is 5.73 Å². The summed E-state index contributed by atoms with van der Waals surface area (Å²) in [5.74, 6) is -2.07. The van der Waals surface area contributed by atoms with E-state index in [4.69, 9.17) is 26.0 Å². The quantitative estimate of drug-likeness (QED) is 0.221. The van der Waals surface area contributed by atoms with Crippen molar-refractivity contribution in [3.8, 4) is 0 Å². The van der Waals surface area contributed by atoms with Crippen molar-refractivity contribution in [3.63, 3.8) is 0 Å². The molecule has 0 saturated heterocycles. The highest BCUT2D eigenvalue weighted by molar-refractivity contribution is 7.49. The van der Waals surface area contributed by atoms with Gasteiger partial charge in [-0.25, -0.2) is 9.24 Å². The molecule has 0 bridgehead atoms. The standard InChI is InChI=1S/C4H10N3O5P/c5-4(6)7(13(10,11)12)2-1-3(8)9/h1-2H2,(H3,5,6)(H,8,9)(H2,10,11,12). The van der Waals surface area contributed by atoms with Crippen LogP contribution in [0.4, 0.5) is 0 Å². The number of hydrogen-bond acceptors (Lipinski definition) is 3. The van der Waals surface area contributed by atoms with Gasteiger partial charge in [-0.2, -0.15) is 0 Å². The number of carboxylic acids is 1. The number of guanidine groups is 1. The van der Waals surface area contributed by atoms with E-state index < -0.39 is 32.6 Å². The molecule has 8 nitrogen and oxygen atoms in total. The first kappa shape index (κ1) is 11.9. The molecule has 0 aliphatic carbocycles. The van der Waals surface area contributed by atoms with E-state index in [-0.39, 0.29) is 4.67 Å². The topological polar surface area (TPSA) is 148 Å². The van der Waals surface area contributed by atoms with Gasteiger partial charge in [0, 0.05) is 6.54 Å². The van der Waals surface area contributed by atoms with E-state index in [9.17, 15) is 9.36 Å². The number of carboxylic acid groups (broad SMARTS) is 1. The second-order valence-corrected chi connectivity index (χ2v) is 3.67. The third-order valence-electron chi connectivity index (χ3n) is 1.13. The molecule has 0 aromatic rings. The van der Waals surface area contributed by atoms with Crippen LogP contribution in [-0.2, 0) is 9.36 Å². The van der Waals surface area contributed by atoms with Crippen LogP contribution in [0.15, 0.2) is 0 Å². The molecule has 0 heterocycles. The first-order valence-electron chi connectivity index (χ1n) is 3.14. The number of nitrogens with one attached hydrogen (secondary N) is 1. The van der Waals surface area contributed by atoms with Gasteiger partial charge in [0.05, 0.1) is 6.42 Å². The lowest BCUT2D eigenvalue weighted by molar-refractivity contribution is -0.137. The van der Waals surface area contributed by atoms with Gasteiger partial charge in [-0.1, -0.05) is 0 Å². The molecule has 0 aromatic carbocycles. The summed E-state index contributed by atoms with van der Waals surface area (Å²) in [7, 11) is -4.67. The van der Waals surface area contributed by atoms with Crippen LogP contribution in [0.2, 0.25) is 0 Å². The Labute approximate surface area is 73.7 Å². The summed E-state index contributed by atoms with van der Waals surface area (Å²) in [6, 6.07) is 0. The Morgan fingerprint density at radius 1 is 1.54 bits per heavy atom. The minimum Gasteiger partial charge on any atom is -0.481 e. The molecule has 0 rings (SSSR count). The number of aliphatic carboxylic acids is 1. The zero-order chi connectivity index (χ0) is 10.6. The summed E-state index contributed by atoms with van der Waals surface area (Å²) in [6.07, 6.45) is -0.495. The third kappa shape index (κ3) is 4.46. The zero-order valence-corrected chi connectivity index (χ0v) is 7.44. The number of rotatable bonds is 4. The summed E-state index contributed by atoms with van der Waals surface area (Å²) in [5.41, 5.74) is 4.83. The van der Waals surface area contributed by atoms with Crippen molar-refractivity contribution in [2.45, 2.75) is 6.42 Å². The predicted molar refractivity (Wildman–Crippen MR) is 42.9 cm³/mol. The van der Waals surface area contributed by atoms with Gasteiger partial charge in [0.2, 0.25) is 0 Å². The van der Waals surface area contributed by atoms with Gasteiger partial charge in [-0.15, -0.1) is 0 Å². The van der Waals surface area contributed by atoms with Crippen molar-refractivity contribution in [1.29, 1.82) is 5.41 Å². The Bertz CT molecular complexity index is 261. The second kappa shape index (κ2) is 4.22. The van der Waals surface area contributed by atoms with Crippen LogP contribution in [0, 0.1) is 5.41 Å². The molecule has 13 heavy (non-hydrogen) atoms. The van der Waals surface area contributed by atoms with Crippen LogP contribution in [0.25, 0.3) is 0 Å². The molecule has 9 heteroatoms. The molecule has 0 amide bonds. The van der Waals surface area contributed by atoms with E-state index >= 15 is 0 Å². The number of carbonyl (C=O) groups is 1. The number of nitrogens with zero attached hydrogens (tertiary/aromatic N) is 1. The molecule has 0 radical (unpaired) electrons. The largest absolute Gasteiger partial charge is 0.481 e. The molecule has 0 unspecified atom stereocenters. The van der Waals surface area contributed by atoms with E-state index in [2.05, 4.69) is 0 Å². The van der Waals surface area contributed by atoms with Crippen LogP contribution in [0.1, 0.15) is 6.42 Å². The fraction of sp³-hybridized carbons (Fsp3) is 0.500. The molecule has 76 valence electrons. The van der Waals surface area contributed by atoms with Crippen LogP contribution in [0.3, 0.4) is 0 Å². The van der Waals surface area contributed by atoms with Gasteiger partial charge in [0.25, 0.3) is 0 Å². The molecule has 0 saturated carbocycles. The number of hydrogen-bond donors (Lipinski definition) is 5. The fourth-order valence-electron chi connectivity index (χ4n) is 0.593. The maximum atomic E-state index is 10.6. The van der Waals surface area contributed by atoms with Crippen LogP contribution in [0.5, 0.6) is 0 Å². The van der Waals surface area contributed by atoms with Crippen LogP contribution >= 0.6 is 7.75 Å². The van der Waals surface area contributed by atoms with Gasteiger partial charge < -0.3 is 20.6 Å². The minimum atomic E-state index is -4.67. The van der Waals surface area contributed by atoms with Crippen molar-refractivity contribution in [2.75, 3.05) is 6.54 Å². The Kier molecular flexibility index (Phi) is 3.86. The Morgan fingerprint density at radius 2 is 2.00 bits per heavy atom. The van der Waals surface area contributed by atoms with Gasteiger partial charge in [0.15, 0.2) is 5.96 Å². The molecule has 0 spiro atoms. The van der Waals surface area contributed by atoms with Crippen molar-refractivity contribution in [1.82, 2.24) is 4.67 Å². The fourth-order valence-corrected chi connectivity index (χ4v) is 1.23. The van der Waals surface area contributed by atoms with Gasteiger partial charge >= 0.3 is 13.7 Å². The Balaban J connectivity index is 4.38. The molecular formula is C4H10N3O5P. The first-order valence-corrected chi connectivity index (χ1v) is 4.71. The molecule has 0 fully saturated rings. The Hall–Kier alpha value is -1.11. The zero-order valence-electron chi connectivity index (χ0n) is 6.54. The highest BCUT2D eigenvalue weighted by Gasteiger charge is 2.26. The summed E-state index contributed by atoms with van der Waals surface area (Å²) in [5, 5.41) is 15.0. The summed E-state index contributed by atoms with van der Waals surface area (Å²) in [6.45, 7) is -0.491. The average Bonchev–Trinajstić information content (AvgIpc) is 1.81. The van der Waals surface area contributed by atoms with E-state index in [0.717, 1.165) is 0 Å². The molecule has 0 aliphatic rings. The highest BCUT2D eigenvalue weighted by atomic mass is 31.2.